The van der Waals surface area contributed by atoms with E-state index in [4.69, 9.17) is 24.9 Å². The number of hydrogen-bond acceptors (Lipinski definition) is 6. The molecule has 0 bridgehead atoms. The van der Waals surface area contributed by atoms with Gasteiger partial charge in [0.15, 0.2) is 17.5 Å². The number of hydrogen-bond donors (Lipinski definition) is 0. The second-order valence-electron chi connectivity index (χ2n) is 14.5. The molecule has 0 aliphatic carbocycles. The zero-order chi connectivity index (χ0) is 39.1. The summed E-state index contributed by atoms with van der Waals surface area (Å²) >= 11 is 1.69. The SMILES string of the molecule is c1ccc(-c2ccc(-c3nc(-c4ccccc4)nc(-c4cccc(-c5ccc(-c6ccc(-c7ccc8nc9sc%10ccccc%10c9nc8c7)cc6)cc5)c4)n3)cc2)cc1. The molecule has 3 heterocycles. The van der Waals surface area contributed by atoms with Crippen molar-refractivity contribution < 1.29 is 0 Å². The number of rotatable bonds is 7. The Balaban J connectivity index is 0.866. The number of nitrogens with zero attached hydrogens (tertiary/aromatic N) is 5. The molecule has 0 unspecified atom stereocenters. The van der Waals surface area contributed by atoms with Gasteiger partial charge in [-0.05, 0) is 68.8 Å². The Labute approximate surface area is 345 Å². The predicted octanol–water partition coefficient (Wildman–Crippen LogP) is 13.9. The second kappa shape index (κ2) is 14.7. The van der Waals surface area contributed by atoms with E-state index in [1.165, 1.54) is 10.3 Å². The van der Waals surface area contributed by atoms with Crippen molar-refractivity contribution in [2.24, 2.45) is 0 Å². The molecular formula is C53H33N5S. The van der Waals surface area contributed by atoms with Crippen molar-refractivity contribution in [2.75, 3.05) is 0 Å². The van der Waals surface area contributed by atoms with Gasteiger partial charge >= 0.3 is 0 Å². The minimum absolute atomic E-state index is 0.631. The summed E-state index contributed by atoms with van der Waals surface area (Å²) in [5, 5.41) is 1.16. The molecule has 11 aromatic rings. The minimum atomic E-state index is 0.631. The Morgan fingerprint density at radius 2 is 0.695 bits per heavy atom. The third-order valence-electron chi connectivity index (χ3n) is 10.8. The molecule has 0 spiro atoms. The minimum Gasteiger partial charge on any atom is -0.243 e. The normalized spacial score (nSPS) is 11.4. The highest BCUT2D eigenvalue weighted by molar-refractivity contribution is 7.25. The summed E-state index contributed by atoms with van der Waals surface area (Å²) in [6.07, 6.45) is 0. The van der Waals surface area contributed by atoms with Gasteiger partial charge < -0.3 is 0 Å². The quantitative estimate of drug-likeness (QED) is 0.161. The fourth-order valence-electron chi connectivity index (χ4n) is 7.66. The maximum absolute atomic E-state index is 5.06. The van der Waals surface area contributed by atoms with Crippen LogP contribution in [0.3, 0.4) is 0 Å². The van der Waals surface area contributed by atoms with E-state index in [9.17, 15) is 0 Å². The van der Waals surface area contributed by atoms with Gasteiger partial charge in [-0.1, -0.05) is 176 Å². The molecular weight excluding hydrogens is 739 g/mol. The van der Waals surface area contributed by atoms with Gasteiger partial charge in [0.1, 0.15) is 10.3 Å². The molecule has 0 radical (unpaired) electrons. The molecule has 0 fully saturated rings. The summed E-state index contributed by atoms with van der Waals surface area (Å²) in [4.78, 5) is 25.9. The van der Waals surface area contributed by atoms with Crippen molar-refractivity contribution in [3.63, 3.8) is 0 Å². The highest BCUT2D eigenvalue weighted by atomic mass is 32.1. The van der Waals surface area contributed by atoms with Crippen molar-refractivity contribution in [3.05, 3.63) is 200 Å². The maximum atomic E-state index is 5.06. The van der Waals surface area contributed by atoms with Crippen LogP contribution >= 0.6 is 11.3 Å². The molecule has 3 aromatic heterocycles. The molecule has 0 N–H and O–H groups in total. The first-order valence-corrected chi connectivity index (χ1v) is 20.4. The van der Waals surface area contributed by atoms with Gasteiger partial charge in [-0.15, -0.1) is 11.3 Å². The van der Waals surface area contributed by atoms with Gasteiger partial charge in [-0.3, -0.25) is 0 Å². The van der Waals surface area contributed by atoms with Crippen molar-refractivity contribution in [1.82, 2.24) is 24.9 Å². The van der Waals surface area contributed by atoms with Crippen LogP contribution in [0.4, 0.5) is 0 Å². The van der Waals surface area contributed by atoms with Gasteiger partial charge in [-0.25, -0.2) is 24.9 Å². The first kappa shape index (κ1) is 34.6. The van der Waals surface area contributed by atoms with Crippen molar-refractivity contribution in [3.8, 4) is 78.7 Å². The molecule has 0 atom stereocenters. The molecule has 0 aliphatic heterocycles. The van der Waals surface area contributed by atoms with Crippen LogP contribution < -0.4 is 0 Å². The summed E-state index contributed by atoms with van der Waals surface area (Å²) in [5.74, 6) is 1.91. The molecule has 59 heavy (non-hydrogen) atoms. The van der Waals surface area contributed by atoms with Gasteiger partial charge in [-0.2, -0.15) is 0 Å². The topological polar surface area (TPSA) is 64.5 Å². The number of fused-ring (bicyclic) bond motifs is 4. The molecule has 0 saturated heterocycles. The van der Waals surface area contributed by atoms with Crippen LogP contribution in [0.15, 0.2) is 200 Å². The van der Waals surface area contributed by atoms with E-state index in [2.05, 4.69) is 164 Å². The average Bonchev–Trinajstić information content (AvgIpc) is 3.68. The van der Waals surface area contributed by atoms with Crippen LogP contribution in [0.25, 0.3) is 110 Å². The fraction of sp³-hybridized carbons (Fsp3) is 0. The van der Waals surface area contributed by atoms with Gasteiger partial charge in [0.2, 0.25) is 0 Å². The fourth-order valence-corrected chi connectivity index (χ4v) is 8.69. The Kier molecular flexibility index (Phi) is 8.60. The molecule has 5 nitrogen and oxygen atoms in total. The van der Waals surface area contributed by atoms with Crippen molar-refractivity contribution in [2.45, 2.75) is 0 Å². The molecule has 276 valence electrons. The summed E-state index contributed by atoms with van der Waals surface area (Å²) in [6.45, 7) is 0. The lowest BCUT2D eigenvalue weighted by atomic mass is 9.97. The van der Waals surface area contributed by atoms with Crippen molar-refractivity contribution >= 4 is 42.8 Å². The average molecular weight is 772 g/mol. The van der Waals surface area contributed by atoms with Gasteiger partial charge in [0, 0.05) is 26.8 Å². The van der Waals surface area contributed by atoms with Gasteiger partial charge in [0.25, 0.3) is 0 Å². The van der Waals surface area contributed by atoms with Crippen LogP contribution in [-0.4, -0.2) is 24.9 Å². The van der Waals surface area contributed by atoms with Crippen LogP contribution in [-0.2, 0) is 0 Å². The molecule has 8 aromatic carbocycles. The zero-order valence-corrected chi connectivity index (χ0v) is 32.5. The van der Waals surface area contributed by atoms with E-state index in [1.54, 1.807) is 11.3 Å². The molecule has 0 aliphatic rings. The smallest absolute Gasteiger partial charge is 0.164 e. The number of aromatic nitrogens is 5. The summed E-state index contributed by atoms with van der Waals surface area (Å²) in [5.41, 5.74) is 14.7. The second-order valence-corrected chi connectivity index (χ2v) is 15.6. The van der Waals surface area contributed by atoms with Crippen LogP contribution in [0.1, 0.15) is 0 Å². The van der Waals surface area contributed by atoms with Crippen LogP contribution in [0, 0.1) is 0 Å². The monoisotopic (exact) mass is 771 g/mol. The maximum Gasteiger partial charge on any atom is 0.164 e. The lowest BCUT2D eigenvalue weighted by Crippen LogP contribution is -2.00. The standard InChI is InChI=1S/C53H33N5S/c1-3-10-34(11-4-1)35-26-28-41(29-27-35)51-56-50(40-12-5-2-6-13-40)57-52(58-51)44-15-9-14-42(32-44)38-22-18-36(19-23-38)37-20-24-39(25-21-37)43-30-31-46-47(33-43)54-49-45-16-7-8-17-48(45)59-53(49)55-46/h1-33H. The van der Waals surface area contributed by atoms with Crippen molar-refractivity contribution in [1.29, 1.82) is 0 Å². The Morgan fingerprint density at radius 1 is 0.271 bits per heavy atom. The zero-order valence-electron chi connectivity index (χ0n) is 31.7. The lowest BCUT2D eigenvalue weighted by Gasteiger charge is -2.11. The predicted molar refractivity (Wildman–Crippen MR) is 244 cm³/mol. The molecule has 0 amide bonds. The number of benzene rings is 8. The molecule has 0 saturated carbocycles. The van der Waals surface area contributed by atoms with E-state index in [-0.39, 0.29) is 0 Å². The third-order valence-corrected chi connectivity index (χ3v) is 11.8. The first-order chi connectivity index (χ1) is 29.2. The first-order valence-electron chi connectivity index (χ1n) is 19.6. The largest absolute Gasteiger partial charge is 0.243 e. The summed E-state index contributed by atoms with van der Waals surface area (Å²) in [7, 11) is 0. The summed E-state index contributed by atoms with van der Waals surface area (Å²) < 4.78 is 1.21. The summed E-state index contributed by atoms with van der Waals surface area (Å²) in [6, 6.07) is 69.6. The van der Waals surface area contributed by atoms with Crippen LogP contribution in [0.5, 0.6) is 0 Å². The Bertz CT molecular complexity index is 3290. The highest BCUT2D eigenvalue weighted by Crippen LogP contribution is 2.35. The van der Waals surface area contributed by atoms with E-state index < -0.39 is 0 Å². The molecule has 6 heteroatoms. The van der Waals surface area contributed by atoms with E-state index in [0.29, 0.717) is 17.5 Å². The third kappa shape index (κ3) is 6.71. The Hall–Kier alpha value is -7.67. The van der Waals surface area contributed by atoms with E-state index in [0.717, 1.165) is 82.4 Å². The highest BCUT2D eigenvalue weighted by Gasteiger charge is 2.14. The number of thiophene rings is 1. The van der Waals surface area contributed by atoms with Gasteiger partial charge in [0.05, 0.1) is 11.0 Å². The van der Waals surface area contributed by atoms with E-state index in [1.807, 2.05) is 36.4 Å². The molecule has 11 rings (SSSR count). The lowest BCUT2D eigenvalue weighted by molar-refractivity contribution is 1.07. The Morgan fingerprint density at radius 3 is 1.32 bits per heavy atom. The van der Waals surface area contributed by atoms with E-state index >= 15 is 0 Å². The van der Waals surface area contributed by atoms with Crippen LogP contribution in [0.2, 0.25) is 0 Å².